The van der Waals surface area contributed by atoms with Crippen LogP contribution >= 0.6 is 0 Å². The van der Waals surface area contributed by atoms with E-state index in [2.05, 4.69) is 0 Å². The Hall–Kier alpha value is -1.72. The lowest BCUT2D eigenvalue weighted by Crippen LogP contribution is -2.35. The average Bonchev–Trinajstić information content (AvgIpc) is 2.18. The number of hydrogen-bond acceptors (Lipinski definition) is 2. The van der Waals surface area contributed by atoms with E-state index < -0.39 is 18.6 Å². The minimum Gasteiger partial charge on any atom is -0.508 e. The molecule has 0 unspecified atom stereocenters. The first-order valence-electron chi connectivity index (χ1n) is 4.82. The Bertz CT molecular complexity index is 429. The third-order valence-corrected chi connectivity index (χ3v) is 2.21. The van der Waals surface area contributed by atoms with Crippen LogP contribution in [0.25, 0.3) is 0 Å². The molecule has 94 valence electrons. The van der Waals surface area contributed by atoms with Crippen LogP contribution in [-0.4, -0.2) is 35.7 Å². The molecule has 1 amide bonds. The number of aryl methyl sites for hydroxylation is 1. The van der Waals surface area contributed by atoms with Crippen molar-refractivity contribution in [1.29, 1.82) is 0 Å². The second kappa shape index (κ2) is 4.65. The van der Waals surface area contributed by atoms with Crippen LogP contribution < -0.4 is 0 Å². The van der Waals surface area contributed by atoms with Gasteiger partial charge in [0.05, 0.1) is 0 Å². The van der Waals surface area contributed by atoms with E-state index in [1.54, 1.807) is 6.92 Å². The molecule has 0 aliphatic carbocycles. The van der Waals surface area contributed by atoms with E-state index in [0.717, 1.165) is 7.05 Å². The minimum atomic E-state index is -4.42. The predicted octanol–water partition coefficient (Wildman–Crippen LogP) is 2.33. The van der Waals surface area contributed by atoms with E-state index in [4.69, 9.17) is 0 Å². The summed E-state index contributed by atoms with van der Waals surface area (Å²) in [4.78, 5) is 12.2. The first-order chi connectivity index (χ1) is 7.70. The fourth-order valence-electron chi connectivity index (χ4n) is 1.35. The van der Waals surface area contributed by atoms with Crippen LogP contribution in [0.1, 0.15) is 15.9 Å². The lowest BCUT2D eigenvalue weighted by atomic mass is 10.1. The quantitative estimate of drug-likeness (QED) is 0.871. The molecule has 17 heavy (non-hydrogen) atoms. The zero-order chi connectivity index (χ0) is 13.2. The molecule has 0 fully saturated rings. The van der Waals surface area contributed by atoms with Gasteiger partial charge < -0.3 is 10.0 Å². The van der Waals surface area contributed by atoms with Crippen LogP contribution in [0.5, 0.6) is 5.75 Å². The Morgan fingerprint density at radius 1 is 1.41 bits per heavy atom. The molecule has 0 aromatic heterocycles. The van der Waals surface area contributed by atoms with E-state index in [-0.39, 0.29) is 11.3 Å². The van der Waals surface area contributed by atoms with Crippen molar-refractivity contribution >= 4 is 5.91 Å². The molecule has 0 spiro atoms. The summed E-state index contributed by atoms with van der Waals surface area (Å²) in [6, 6.07) is 3.92. The summed E-state index contributed by atoms with van der Waals surface area (Å²) >= 11 is 0. The largest absolute Gasteiger partial charge is 0.508 e. The third-order valence-electron chi connectivity index (χ3n) is 2.21. The molecule has 1 aromatic rings. The van der Waals surface area contributed by atoms with Gasteiger partial charge in [0.2, 0.25) is 0 Å². The molecule has 3 nitrogen and oxygen atoms in total. The highest BCUT2D eigenvalue weighted by Gasteiger charge is 2.31. The van der Waals surface area contributed by atoms with E-state index in [0.29, 0.717) is 10.5 Å². The average molecular weight is 247 g/mol. The van der Waals surface area contributed by atoms with Crippen molar-refractivity contribution < 1.29 is 23.1 Å². The zero-order valence-electron chi connectivity index (χ0n) is 9.38. The Kier molecular flexibility index (Phi) is 3.65. The van der Waals surface area contributed by atoms with Crippen molar-refractivity contribution in [3.05, 3.63) is 29.3 Å². The predicted molar refractivity (Wildman–Crippen MR) is 55.9 cm³/mol. The molecular weight excluding hydrogens is 235 g/mol. The number of amides is 1. The van der Waals surface area contributed by atoms with Crippen molar-refractivity contribution in [2.45, 2.75) is 13.1 Å². The standard InChI is InChI=1S/C11H12F3NO2/c1-7-5-8(3-4-9(7)16)10(17)15(2)6-11(12,13)14/h3-5,16H,6H2,1-2H3. The maximum absolute atomic E-state index is 12.1. The smallest absolute Gasteiger partial charge is 0.406 e. The number of alkyl halides is 3. The van der Waals surface area contributed by atoms with Crippen LogP contribution in [0.15, 0.2) is 18.2 Å². The number of aromatic hydroxyl groups is 1. The fraction of sp³-hybridized carbons (Fsp3) is 0.364. The summed E-state index contributed by atoms with van der Waals surface area (Å²) < 4.78 is 36.3. The molecule has 0 radical (unpaired) electrons. The van der Waals surface area contributed by atoms with E-state index >= 15 is 0 Å². The zero-order valence-corrected chi connectivity index (χ0v) is 9.38. The Morgan fingerprint density at radius 2 is 2.00 bits per heavy atom. The second-order valence-corrected chi connectivity index (χ2v) is 3.78. The molecule has 0 saturated heterocycles. The number of rotatable bonds is 2. The van der Waals surface area contributed by atoms with Crippen LogP contribution in [-0.2, 0) is 0 Å². The lowest BCUT2D eigenvalue weighted by Gasteiger charge is -2.19. The van der Waals surface area contributed by atoms with Crippen LogP contribution in [0.4, 0.5) is 13.2 Å². The highest BCUT2D eigenvalue weighted by atomic mass is 19.4. The second-order valence-electron chi connectivity index (χ2n) is 3.78. The first-order valence-corrected chi connectivity index (χ1v) is 4.82. The topological polar surface area (TPSA) is 40.5 Å². The minimum absolute atomic E-state index is 0.0000226. The Balaban J connectivity index is 2.85. The fourth-order valence-corrected chi connectivity index (χ4v) is 1.35. The van der Waals surface area contributed by atoms with Gasteiger partial charge in [-0.15, -0.1) is 0 Å². The molecule has 0 aliphatic heterocycles. The summed E-state index contributed by atoms with van der Waals surface area (Å²) in [6.07, 6.45) is -4.42. The summed E-state index contributed by atoms with van der Waals surface area (Å²) in [5.74, 6) is -0.731. The first kappa shape index (κ1) is 13.3. The highest BCUT2D eigenvalue weighted by Crippen LogP contribution is 2.20. The van der Waals surface area contributed by atoms with Gasteiger partial charge in [0, 0.05) is 12.6 Å². The van der Waals surface area contributed by atoms with Gasteiger partial charge in [0.25, 0.3) is 5.91 Å². The Labute approximate surface area is 96.5 Å². The van der Waals surface area contributed by atoms with E-state index in [9.17, 15) is 23.1 Å². The van der Waals surface area contributed by atoms with Gasteiger partial charge in [-0.3, -0.25) is 4.79 Å². The summed E-state index contributed by atoms with van der Waals surface area (Å²) in [5, 5.41) is 9.25. The van der Waals surface area contributed by atoms with Crippen LogP contribution in [0.2, 0.25) is 0 Å². The van der Waals surface area contributed by atoms with Crippen LogP contribution in [0, 0.1) is 6.92 Å². The molecule has 0 bridgehead atoms. The van der Waals surface area contributed by atoms with Gasteiger partial charge in [-0.1, -0.05) is 0 Å². The molecular formula is C11H12F3NO2. The monoisotopic (exact) mass is 247 g/mol. The van der Waals surface area contributed by atoms with E-state index in [1.807, 2.05) is 0 Å². The van der Waals surface area contributed by atoms with Crippen LogP contribution in [0.3, 0.4) is 0 Å². The van der Waals surface area contributed by atoms with Gasteiger partial charge in [-0.2, -0.15) is 13.2 Å². The maximum Gasteiger partial charge on any atom is 0.406 e. The molecule has 1 aromatic carbocycles. The molecule has 1 rings (SSSR count). The van der Waals surface area contributed by atoms with E-state index in [1.165, 1.54) is 18.2 Å². The number of carbonyl (C=O) groups excluding carboxylic acids is 1. The van der Waals surface area contributed by atoms with Gasteiger partial charge in [-0.25, -0.2) is 0 Å². The Morgan fingerprint density at radius 3 is 2.47 bits per heavy atom. The summed E-state index contributed by atoms with van der Waals surface area (Å²) in [7, 11) is 1.08. The van der Waals surface area contributed by atoms with Gasteiger partial charge in [0.1, 0.15) is 12.3 Å². The normalized spacial score (nSPS) is 11.4. The summed E-state index contributed by atoms with van der Waals surface area (Å²) in [6.45, 7) is 0.266. The molecule has 0 atom stereocenters. The molecule has 6 heteroatoms. The van der Waals surface area contributed by atoms with Crippen molar-refractivity contribution in [2.75, 3.05) is 13.6 Å². The number of phenolic OH excluding ortho intramolecular Hbond substituents is 1. The molecule has 0 aliphatic rings. The molecule has 1 N–H and O–H groups in total. The number of nitrogens with zero attached hydrogens (tertiary/aromatic N) is 1. The van der Waals surface area contributed by atoms with Crippen molar-refractivity contribution in [2.24, 2.45) is 0 Å². The SMILES string of the molecule is Cc1cc(C(=O)N(C)CC(F)(F)F)ccc1O. The lowest BCUT2D eigenvalue weighted by molar-refractivity contribution is -0.138. The number of carbonyl (C=O) groups is 1. The highest BCUT2D eigenvalue weighted by molar-refractivity contribution is 5.94. The maximum atomic E-state index is 12.1. The number of phenols is 1. The van der Waals surface area contributed by atoms with Crippen molar-refractivity contribution in [3.8, 4) is 5.75 Å². The number of benzene rings is 1. The molecule has 0 saturated carbocycles. The number of hydrogen-bond donors (Lipinski definition) is 1. The van der Waals surface area contributed by atoms with Crippen molar-refractivity contribution in [1.82, 2.24) is 4.90 Å². The molecule has 0 heterocycles. The number of halogens is 3. The van der Waals surface area contributed by atoms with Gasteiger partial charge >= 0.3 is 6.18 Å². The van der Waals surface area contributed by atoms with Gasteiger partial charge in [-0.05, 0) is 30.7 Å². The van der Waals surface area contributed by atoms with Crippen molar-refractivity contribution in [3.63, 3.8) is 0 Å². The summed E-state index contributed by atoms with van der Waals surface area (Å²) in [5.41, 5.74) is 0.559. The third kappa shape index (κ3) is 3.65. The van der Waals surface area contributed by atoms with Gasteiger partial charge in [0.15, 0.2) is 0 Å².